The van der Waals surface area contributed by atoms with Crippen LogP contribution in [0.5, 0.6) is 0 Å². The summed E-state index contributed by atoms with van der Waals surface area (Å²) >= 11 is 0. The first-order chi connectivity index (χ1) is 12.7. The molecular formula is C17H22O9S. The second kappa shape index (κ2) is 9.27. The van der Waals surface area contributed by atoms with Crippen LogP contribution in [0.2, 0.25) is 0 Å². The zero-order chi connectivity index (χ0) is 20.0. The molecule has 0 aliphatic carbocycles. The third-order valence-electron chi connectivity index (χ3n) is 3.57. The molecule has 1 unspecified atom stereocenters. The Balaban J connectivity index is 2.22. The van der Waals surface area contributed by atoms with Gasteiger partial charge in [0.2, 0.25) is 6.29 Å². The van der Waals surface area contributed by atoms with E-state index in [1.807, 2.05) is 30.3 Å². The van der Waals surface area contributed by atoms with E-state index in [9.17, 15) is 18.0 Å². The van der Waals surface area contributed by atoms with E-state index >= 15 is 0 Å². The predicted octanol–water partition coefficient (Wildman–Crippen LogP) is 0.768. The average molecular weight is 402 g/mol. The average Bonchev–Trinajstić information content (AvgIpc) is 2.86. The molecule has 9 nitrogen and oxygen atoms in total. The summed E-state index contributed by atoms with van der Waals surface area (Å²) in [6.45, 7) is 2.29. The number of esters is 2. The lowest BCUT2D eigenvalue weighted by Gasteiger charge is -2.23. The molecule has 1 aromatic carbocycles. The van der Waals surface area contributed by atoms with Gasteiger partial charge in [0.1, 0.15) is 18.8 Å². The summed E-state index contributed by atoms with van der Waals surface area (Å²) in [4.78, 5) is 22.5. The highest BCUT2D eigenvalue weighted by molar-refractivity contribution is 7.86. The fourth-order valence-corrected chi connectivity index (χ4v) is 3.16. The van der Waals surface area contributed by atoms with Crippen molar-refractivity contribution in [2.75, 3.05) is 12.9 Å². The van der Waals surface area contributed by atoms with Gasteiger partial charge >= 0.3 is 11.9 Å². The molecule has 1 saturated heterocycles. The second-order valence-corrected chi connectivity index (χ2v) is 7.58. The van der Waals surface area contributed by atoms with Crippen LogP contribution in [-0.4, -0.2) is 57.8 Å². The van der Waals surface area contributed by atoms with Crippen LogP contribution in [0, 0.1) is 0 Å². The molecule has 1 fully saturated rings. The Bertz CT molecular complexity index is 747. The quantitative estimate of drug-likeness (QED) is 0.459. The Labute approximate surface area is 157 Å². The number of carbonyl (C=O) groups excluding carboxylic acids is 2. The van der Waals surface area contributed by atoms with E-state index < -0.39 is 46.7 Å². The number of hydrogen-bond acceptors (Lipinski definition) is 9. The lowest BCUT2D eigenvalue weighted by molar-refractivity contribution is -0.187. The van der Waals surface area contributed by atoms with Gasteiger partial charge in [0.15, 0.2) is 6.10 Å². The van der Waals surface area contributed by atoms with Crippen molar-refractivity contribution < 1.29 is 41.1 Å². The maximum Gasteiger partial charge on any atom is 0.305 e. The highest BCUT2D eigenvalue weighted by Crippen LogP contribution is 2.30. The molecule has 0 radical (unpaired) electrons. The number of carbonyl (C=O) groups is 2. The van der Waals surface area contributed by atoms with E-state index in [2.05, 4.69) is 0 Å². The van der Waals surface area contributed by atoms with Crippen molar-refractivity contribution in [1.29, 1.82) is 0 Å². The summed E-state index contributed by atoms with van der Waals surface area (Å²) in [5.74, 6) is -1.23. The fraction of sp³-hybridized carbons (Fsp3) is 0.529. The summed E-state index contributed by atoms with van der Waals surface area (Å²) in [7, 11) is -3.91. The Morgan fingerprint density at radius 2 is 1.74 bits per heavy atom. The van der Waals surface area contributed by atoms with Gasteiger partial charge in [-0.2, -0.15) is 8.42 Å². The standard InChI is InChI=1S/C17H22O9S/c1-11(18)22-10-14-15(23-9-13-7-5-4-6-8-13)16(26-27(3,20)21)17(25-14)24-12(2)19/h4-8,14-17H,9-10H2,1-3H3/t14-,15-,16+,17?/m0/s1. The first-order valence-corrected chi connectivity index (χ1v) is 9.97. The minimum atomic E-state index is -3.91. The van der Waals surface area contributed by atoms with E-state index in [1.165, 1.54) is 6.92 Å². The third kappa shape index (κ3) is 6.90. The number of ether oxygens (including phenoxy) is 4. The van der Waals surface area contributed by atoms with Gasteiger partial charge in [-0.25, -0.2) is 0 Å². The number of rotatable bonds is 8. The zero-order valence-electron chi connectivity index (χ0n) is 15.2. The van der Waals surface area contributed by atoms with Gasteiger partial charge in [0.25, 0.3) is 10.1 Å². The van der Waals surface area contributed by atoms with E-state index in [1.54, 1.807) is 0 Å². The summed E-state index contributed by atoms with van der Waals surface area (Å²) < 4.78 is 49.7. The Hall–Kier alpha value is -2.01. The summed E-state index contributed by atoms with van der Waals surface area (Å²) in [6.07, 6.45) is -3.53. The number of hydrogen-bond donors (Lipinski definition) is 0. The molecule has 150 valence electrons. The van der Waals surface area contributed by atoms with Crippen LogP contribution < -0.4 is 0 Å². The van der Waals surface area contributed by atoms with Crippen molar-refractivity contribution in [1.82, 2.24) is 0 Å². The molecule has 1 aliphatic rings. The topological polar surface area (TPSA) is 114 Å². The SMILES string of the molecule is CC(=O)OC[C@@H]1OC(OC(C)=O)[C@H](OS(C)(=O)=O)[C@H]1OCc1ccccc1. The molecule has 27 heavy (non-hydrogen) atoms. The van der Waals surface area contributed by atoms with E-state index in [0.29, 0.717) is 0 Å². The molecule has 4 atom stereocenters. The third-order valence-corrected chi connectivity index (χ3v) is 4.14. The number of benzene rings is 1. The van der Waals surface area contributed by atoms with Gasteiger partial charge in [-0.1, -0.05) is 30.3 Å². The van der Waals surface area contributed by atoms with Gasteiger partial charge in [0, 0.05) is 13.8 Å². The summed E-state index contributed by atoms with van der Waals surface area (Å²) in [5, 5.41) is 0. The minimum absolute atomic E-state index is 0.127. The Kier molecular flexibility index (Phi) is 7.31. The van der Waals surface area contributed by atoms with Crippen LogP contribution in [0.25, 0.3) is 0 Å². The van der Waals surface area contributed by atoms with Crippen LogP contribution in [0.3, 0.4) is 0 Å². The molecular weight excluding hydrogens is 380 g/mol. The summed E-state index contributed by atoms with van der Waals surface area (Å²) in [6, 6.07) is 9.15. The minimum Gasteiger partial charge on any atom is -0.463 e. The lowest BCUT2D eigenvalue weighted by atomic mass is 10.1. The molecule has 1 aromatic rings. The zero-order valence-corrected chi connectivity index (χ0v) is 16.0. The van der Waals surface area contributed by atoms with Crippen molar-refractivity contribution in [3.05, 3.63) is 35.9 Å². The molecule has 0 amide bonds. The first-order valence-electron chi connectivity index (χ1n) is 8.15. The van der Waals surface area contributed by atoms with Crippen molar-refractivity contribution in [3.63, 3.8) is 0 Å². The van der Waals surface area contributed by atoms with Crippen molar-refractivity contribution in [2.45, 2.75) is 45.1 Å². The highest BCUT2D eigenvalue weighted by atomic mass is 32.2. The summed E-state index contributed by atoms with van der Waals surface area (Å²) in [5.41, 5.74) is 0.831. The fourth-order valence-electron chi connectivity index (χ4n) is 2.56. The van der Waals surface area contributed by atoms with E-state index in [-0.39, 0.29) is 13.2 Å². The normalized spacial score (nSPS) is 25.1. The second-order valence-electron chi connectivity index (χ2n) is 5.98. The largest absolute Gasteiger partial charge is 0.463 e. The van der Waals surface area contributed by atoms with Gasteiger partial charge in [-0.3, -0.25) is 13.8 Å². The Morgan fingerprint density at radius 3 is 2.30 bits per heavy atom. The van der Waals surface area contributed by atoms with Gasteiger partial charge < -0.3 is 18.9 Å². The van der Waals surface area contributed by atoms with E-state index in [4.69, 9.17) is 23.1 Å². The maximum atomic E-state index is 11.7. The maximum absolute atomic E-state index is 11.7. The molecule has 0 bridgehead atoms. The van der Waals surface area contributed by atoms with Crippen molar-refractivity contribution in [3.8, 4) is 0 Å². The molecule has 2 rings (SSSR count). The highest BCUT2D eigenvalue weighted by Gasteiger charge is 2.50. The smallest absolute Gasteiger partial charge is 0.305 e. The van der Waals surface area contributed by atoms with Gasteiger partial charge in [-0.15, -0.1) is 0 Å². The van der Waals surface area contributed by atoms with Crippen LogP contribution >= 0.6 is 0 Å². The van der Waals surface area contributed by atoms with E-state index in [0.717, 1.165) is 18.7 Å². The molecule has 1 aliphatic heterocycles. The van der Waals surface area contributed by atoms with Crippen molar-refractivity contribution in [2.24, 2.45) is 0 Å². The molecule has 0 N–H and O–H groups in total. The van der Waals surface area contributed by atoms with Crippen LogP contribution in [0.1, 0.15) is 19.4 Å². The first kappa shape index (κ1) is 21.3. The van der Waals surface area contributed by atoms with Gasteiger partial charge in [-0.05, 0) is 5.56 Å². The van der Waals surface area contributed by atoms with Crippen LogP contribution in [0.4, 0.5) is 0 Å². The Morgan fingerprint density at radius 1 is 1.07 bits per heavy atom. The predicted molar refractivity (Wildman–Crippen MR) is 91.8 cm³/mol. The monoisotopic (exact) mass is 402 g/mol. The molecule has 0 aromatic heterocycles. The molecule has 10 heteroatoms. The van der Waals surface area contributed by atoms with Crippen molar-refractivity contribution >= 4 is 22.1 Å². The molecule has 0 saturated carbocycles. The molecule has 1 heterocycles. The lowest BCUT2D eigenvalue weighted by Crippen LogP contribution is -2.41. The van der Waals surface area contributed by atoms with Crippen LogP contribution in [-0.2, 0) is 49.4 Å². The van der Waals surface area contributed by atoms with Gasteiger partial charge in [0.05, 0.1) is 12.9 Å². The molecule has 0 spiro atoms. The van der Waals surface area contributed by atoms with Crippen LogP contribution in [0.15, 0.2) is 30.3 Å².